The standard InChI is InChI=1S/C32H21N5.C31H20N6.C26H18N2.C19H13N3/c1-2-10-22(11-3-1)28-18-23(19-29(36-28)27-14-8-9-17-33-27)24-20-34-32(35-21-24)37-30-15-6-4-12-25(30)26-13-5-7-16-31(26)37;1-3-13-29-23(9-1)24-10-2-4-14-30(24)37(29)31-34-19-22(20-35-31)21-17-27(25-11-5-7-15-32-25)36-28(18-21)26-12-6-8-16-33-26;1-2-10-19(11-3-1)26-24-16-8-9-17-27(24)18-25(26)28-22-14-6-4-12-20(22)21-13-5-7-15-23(21)28;1-3-9-16-14(7-1)15-8-2-4-10-17(15)22(16)19-13-21-12-6-5-11-18(21)20-19/h1-21H;1-20H;1-18H;1-13H. The van der Waals surface area contributed by atoms with Gasteiger partial charge in [-0.3, -0.25) is 28.7 Å². The van der Waals surface area contributed by atoms with Crippen molar-refractivity contribution in [3.63, 3.8) is 0 Å². The smallest absolute Gasteiger partial charge is 0.234 e. The number of para-hydroxylation sites is 8. The van der Waals surface area contributed by atoms with Gasteiger partial charge in [0.2, 0.25) is 11.9 Å². The fraction of sp³-hybridized carbons (Fsp3) is 0. The van der Waals surface area contributed by atoms with E-state index in [1.54, 1.807) is 18.6 Å². The average Bonchev–Trinajstić information content (AvgIpc) is 1.58. The minimum Gasteiger partial charge on any atom is -0.321 e. The Kier molecular flexibility index (Phi) is 18.8. The van der Waals surface area contributed by atoms with Crippen LogP contribution in [-0.4, -0.2) is 76.9 Å². The summed E-state index contributed by atoms with van der Waals surface area (Å²) in [4.78, 5) is 47.3. The third-order valence-corrected chi connectivity index (χ3v) is 22.7. The van der Waals surface area contributed by atoms with Crippen LogP contribution in [0.15, 0.2) is 438 Å². The molecule has 16 heteroatoms. The zero-order valence-electron chi connectivity index (χ0n) is 66.7. The molecule has 0 unspecified atom stereocenters. The normalized spacial score (nSPS) is 11.4. The van der Waals surface area contributed by atoms with Gasteiger partial charge in [0.1, 0.15) is 5.65 Å². The molecule has 0 saturated carbocycles. The van der Waals surface area contributed by atoms with Gasteiger partial charge in [-0.05, 0) is 150 Å². The van der Waals surface area contributed by atoms with Crippen LogP contribution in [0.25, 0.3) is 201 Å². The maximum absolute atomic E-state index is 4.92. The summed E-state index contributed by atoms with van der Waals surface area (Å²) in [5.74, 6) is 2.22. The molecule has 0 saturated heterocycles. The van der Waals surface area contributed by atoms with Crippen LogP contribution in [-0.2, 0) is 0 Å². The van der Waals surface area contributed by atoms with Crippen LogP contribution in [0.5, 0.6) is 0 Å². The van der Waals surface area contributed by atoms with Crippen molar-refractivity contribution in [3.05, 3.63) is 438 Å². The van der Waals surface area contributed by atoms with E-state index in [-0.39, 0.29) is 0 Å². The lowest BCUT2D eigenvalue weighted by atomic mass is 10.0. The molecule has 0 N–H and O–H groups in total. The first-order valence-electron chi connectivity index (χ1n) is 41.1. The summed E-state index contributed by atoms with van der Waals surface area (Å²) < 4.78 is 13.1. The number of aromatic nitrogens is 16. The Hall–Kier alpha value is -17.2. The molecule has 0 atom stereocenters. The van der Waals surface area contributed by atoms with Gasteiger partial charge in [-0.1, -0.05) is 237 Å². The molecule has 15 aromatic heterocycles. The molecule has 16 nitrogen and oxygen atoms in total. The maximum atomic E-state index is 4.92. The first-order chi connectivity index (χ1) is 61.5. The van der Waals surface area contributed by atoms with Gasteiger partial charge in [0.05, 0.1) is 101 Å². The van der Waals surface area contributed by atoms with Gasteiger partial charge in [-0.25, -0.2) is 34.9 Å². The molecule has 10 aromatic carbocycles. The number of pyridine rings is 7. The fourth-order valence-electron chi connectivity index (χ4n) is 17.1. The summed E-state index contributed by atoms with van der Waals surface area (Å²) in [6, 6.07) is 127. The number of benzene rings is 10. The summed E-state index contributed by atoms with van der Waals surface area (Å²) in [5.41, 5.74) is 25.5. The second-order valence-corrected chi connectivity index (χ2v) is 30.1. The van der Waals surface area contributed by atoms with Crippen molar-refractivity contribution in [2.24, 2.45) is 0 Å². The van der Waals surface area contributed by atoms with Gasteiger partial charge in [0.15, 0.2) is 5.82 Å². The van der Waals surface area contributed by atoms with Crippen LogP contribution in [0.2, 0.25) is 0 Å². The Morgan fingerprint density at radius 2 is 0.508 bits per heavy atom. The second-order valence-electron chi connectivity index (χ2n) is 30.1. The summed E-state index contributed by atoms with van der Waals surface area (Å²) in [7, 11) is 0. The van der Waals surface area contributed by atoms with Gasteiger partial charge in [0.25, 0.3) is 0 Å². The van der Waals surface area contributed by atoms with Crippen LogP contribution in [0, 0.1) is 0 Å². The summed E-state index contributed by atoms with van der Waals surface area (Å²) in [6.07, 6.45) is 21.3. The highest BCUT2D eigenvalue weighted by Crippen LogP contribution is 2.41. The SMILES string of the molecule is c1ccc(-c2c(-n3c4ccccc4c4ccccc43)cn3ccccc23)cc1.c1ccc(-c2cc(-c3cnc(-n4c5ccccc5c5ccccc54)nc3)cc(-c3ccccn3)n2)cc1.c1ccc(-c2cc(-c3cnc(-n4c5ccccc5c5ccccc54)nc3)cc(-c3ccccn3)n2)nc1.c1ccc2c(c1)c1ccccc1n2-c1cn2ccccc2n1. The third-order valence-electron chi connectivity index (χ3n) is 22.7. The minimum atomic E-state index is 0.630. The number of rotatable bonds is 11. The Labute approximate surface area is 711 Å². The Balaban J connectivity index is 0.000000100. The van der Waals surface area contributed by atoms with Gasteiger partial charge in [-0.2, -0.15) is 0 Å². The van der Waals surface area contributed by atoms with Crippen molar-refractivity contribution in [2.45, 2.75) is 0 Å². The Morgan fingerprint density at radius 3 is 0.895 bits per heavy atom. The van der Waals surface area contributed by atoms with Crippen molar-refractivity contribution in [3.8, 4) is 102 Å². The van der Waals surface area contributed by atoms with Crippen molar-refractivity contribution in [1.82, 2.24) is 76.9 Å². The van der Waals surface area contributed by atoms with Crippen LogP contribution >= 0.6 is 0 Å². The van der Waals surface area contributed by atoms with E-state index in [0.29, 0.717) is 11.9 Å². The highest BCUT2D eigenvalue weighted by molar-refractivity contribution is 6.13. The van der Waals surface area contributed by atoms with E-state index in [1.165, 1.54) is 87.5 Å². The molecule has 0 bridgehead atoms. The fourth-order valence-corrected chi connectivity index (χ4v) is 17.1. The first kappa shape index (κ1) is 73.2. The lowest BCUT2D eigenvalue weighted by Gasteiger charge is -2.10. The monoisotopic (exact) mass is 1590 g/mol. The molecule has 0 aliphatic heterocycles. The van der Waals surface area contributed by atoms with Crippen LogP contribution in [0.1, 0.15) is 0 Å². The molecule has 0 aliphatic carbocycles. The topological polar surface area (TPSA) is 157 Å². The Bertz CT molecular complexity index is 7580. The molecule has 0 spiro atoms. The molecule has 0 aliphatic rings. The molecular formula is C108H72N16. The molecule has 25 aromatic rings. The molecule has 15 heterocycles. The molecular weight excluding hydrogens is 1520 g/mol. The van der Waals surface area contributed by atoms with Gasteiger partial charge in [0, 0.05) is 127 Å². The predicted octanol–water partition coefficient (Wildman–Crippen LogP) is 25.3. The average molecular weight is 1590 g/mol. The van der Waals surface area contributed by atoms with Gasteiger partial charge >= 0.3 is 0 Å². The van der Waals surface area contributed by atoms with E-state index in [4.69, 9.17) is 34.9 Å². The van der Waals surface area contributed by atoms with E-state index in [1.807, 2.05) is 164 Å². The maximum Gasteiger partial charge on any atom is 0.234 e. The highest BCUT2D eigenvalue weighted by Gasteiger charge is 2.23. The van der Waals surface area contributed by atoms with Gasteiger partial charge in [-0.15, -0.1) is 0 Å². The van der Waals surface area contributed by atoms with E-state index in [2.05, 4.69) is 297 Å². The zero-order valence-corrected chi connectivity index (χ0v) is 66.7. The van der Waals surface area contributed by atoms with Crippen LogP contribution in [0.3, 0.4) is 0 Å². The largest absolute Gasteiger partial charge is 0.321 e. The van der Waals surface area contributed by atoms with Crippen molar-refractivity contribution < 1.29 is 0 Å². The van der Waals surface area contributed by atoms with E-state index in [9.17, 15) is 0 Å². The molecule has 0 radical (unpaired) electrons. The second kappa shape index (κ2) is 31.9. The summed E-state index contributed by atoms with van der Waals surface area (Å²) in [5, 5.41) is 9.82. The first-order valence-corrected chi connectivity index (χ1v) is 41.1. The van der Waals surface area contributed by atoms with E-state index >= 15 is 0 Å². The molecule has 25 rings (SSSR count). The van der Waals surface area contributed by atoms with Crippen molar-refractivity contribution in [1.29, 1.82) is 0 Å². The number of hydrogen-bond donors (Lipinski definition) is 0. The Morgan fingerprint density at radius 1 is 0.194 bits per heavy atom. The van der Waals surface area contributed by atoms with Crippen molar-refractivity contribution >= 4 is 98.4 Å². The summed E-state index contributed by atoms with van der Waals surface area (Å²) in [6.45, 7) is 0. The lowest BCUT2D eigenvalue weighted by Crippen LogP contribution is -2.01. The van der Waals surface area contributed by atoms with E-state index < -0.39 is 0 Å². The lowest BCUT2D eigenvalue weighted by molar-refractivity contribution is 0.990. The number of hydrogen-bond acceptors (Lipinski definition) is 10. The number of nitrogens with zero attached hydrogens (tertiary/aromatic N) is 16. The molecule has 0 fully saturated rings. The third kappa shape index (κ3) is 13.5. The minimum absolute atomic E-state index is 0.630. The van der Waals surface area contributed by atoms with E-state index in [0.717, 1.165) is 101 Å². The molecule has 124 heavy (non-hydrogen) atoms. The van der Waals surface area contributed by atoms with Crippen molar-refractivity contribution in [2.75, 3.05) is 0 Å². The van der Waals surface area contributed by atoms with Crippen LogP contribution < -0.4 is 0 Å². The number of imidazole rings is 1. The van der Waals surface area contributed by atoms with Crippen LogP contribution in [0.4, 0.5) is 0 Å². The molecule has 0 amide bonds. The highest BCUT2D eigenvalue weighted by atomic mass is 15.2. The zero-order chi connectivity index (χ0) is 82.2. The van der Waals surface area contributed by atoms with Gasteiger partial charge < -0.3 is 13.4 Å². The quantitative estimate of drug-likeness (QED) is 0.122. The predicted molar refractivity (Wildman–Crippen MR) is 501 cm³/mol. The number of fused-ring (bicyclic) bond motifs is 14. The molecule has 584 valence electrons. The summed E-state index contributed by atoms with van der Waals surface area (Å²) >= 11 is 0.